The predicted octanol–water partition coefficient (Wildman–Crippen LogP) is 5.61. The Hall–Kier alpha value is -0.570. The van der Waals surface area contributed by atoms with Crippen LogP contribution in [0, 0.1) is 46.3 Å². The topological polar surface area (TPSA) is 38.8 Å². The largest absolute Gasteiger partial charge is 0.469 e. The molecule has 5 aliphatic rings. The summed E-state index contributed by atoms with van der Waals surface area (Å²) in [6.45, 7) is 7.66. The lowest BCUT2D eigenvalue weighted by Crippen LogP contribution is -2.54. The van der Waals surface area contributed by atoms with Crippen molar-refractivity contribution in [2.45, 2.75) is 97.2 Å². The molecule has 1 heterocycles. The first-order valence-corrected chi connectivity index (χ1v) is 12.1. The van der Waals surface area contributed by atoms with Gasteiger partial charge in [-0.1, -0.05) is 20.8 Å². The number of rotatable bonds is 4. The molecular weight excluding hydrogens is 348 g/mol. The molecule has 0 unspecified atom stereocenters. The van der Waals surface area contributed by atoms with Crippen molar-refractivity contribution in [1.82, 2.24) is 0 Å². The van der Waals surface area contributed by atoms with Gasteiger partial charge < -0.3 is 9.47 Å². The predicted molar refractivity (Wildman–Crippen MR) is 110 cm³/mol. The highest BCUT2D eigenvalue weighted by molar-refractivity contribution is 5.69. The summed E-state index contributed by atoms with van der Waals surface area (Å²) in [7, 11) is 1.51. The number of fused-ring (bicyclic) bond motifs is 6. The van der Waals surface area contributed by atoms with E-state index >= 15 is 0 Å². The van der Waals surface area contributed by atoms with Crippen LogP contribution in [-0.4, -0.2) is 25.3 Å². The van der Waals surface area contributed by atoms with Crippen molar-refractivity contribution in [3.63, 3.8) is 0 Å². The highest BCUT2D eigenvalue weighted by atomic mass is 16.6. The smallest absolute Gasteiger partial charge is 0.305 e. The fourth-order valence-corrected chi connectivity index (χ4v) is 9.14. The zero-order valence-electron chi connectivity index (χ0n) is 18.4. The summed E-state index contributed by atoms with van der Waals surface area (Å²) < 4.78 is 10.9. The van der Waals surface area contributed by atoms with E-state index in [0.717, 1.165) is 36.0 Å². The first-order valence-electron chi connectivity index (χ1n) is 12.1. The van der Waals surface area contributed by atoms with Crippen molar-refractivity contribution < 1.29 is 14.3 Å². The molecule has 158 valence electrons. The van der Waals surface area contributed by atoms with Crippen LogP contribution in [0.2, 0.25) is 0 Å². The van der Waals surface area contributed by atoms with Gasteiger partial charge in [-0.2, -0.15) is 0 Å². The normalized spacial score (nSPS) is 52.6. The molecule has 1 saturated heterocycles. The molecule has 3 heteroatoms. The summed E-state index contributed by atoms with van der Waals surface area (Å²) >= 11 is 0. The van der Waals surface area contributed by atoms with E-state index in [4.69, 9.17) is 9.47 Å². The number of hydrogen-bond acceptors (Lipinski definition) is 3. The number of epoxide rings is 1. The number of ether oxygens (including phenoxy) is 2. The van der Waals surface area contributed by atoms with Crippen molar-refractivity contribution in [3.05, 3.63) is 0 Å². The van der Waals surface area contributed by atoms with Crippen molar-refractivity contribution in [2.24, 2.45) is 46.3 Å². The third-order valence-electron chi connectivity index (χ3n) is 10.7. The van der Waals surface area contributed by atoms with Gasteiger partial charge in [-0.25, -0.2) is 0 Å². The first kappa shape index (κ1) is 19.4. The van der Waals surface area contributed by atoms with Gasteiger partial charge in [-0.15, -0.1) is 0 Å². The molecule has 0 spiro atoms. The molecule has 5 fully saturated rings. The van der Waals surface area contributed by atoms with Gasteiger partial charge in [0.25, 0.3) is 0 Å². The molecular formula is C25H40O3. The van der Waals surface area contributed by atoms with Crippen molar-refractivity contribution >= 4 is 5.97 Å². The third kappa shape index (κ3) is 2.81. The van der Waals surface area contributed by atoms with Crippen LogP contribution >= 0.6 is 0 Å². The van der Waals surface area contributed by atoms with E-state index in [9.17, 15) is 4.79 Å². The number of carbonyl (C=O) groups excluding carboxylic acids is 1. The molecule has 0 aromatic heterocycles. The van der Waals surface area contributed by atoms with E-state index < -0.39 is 0 Å². The standard InChI is InChI=1S/C25H40O3/c1-15(5-10-23(26)27-4)18-8-9-19-17-7-6-16-13-21-22(28-21)14-25(16,3)20(17)11-12-24(18,19)2/h15-22H,5-14H2,1-4H3/t15-,16+,17+,18-,19+,20+,21+,22-,24-,25+/m1/s1. The Kier molecular flexibility index (Phi) is 4.66. The number of hydrogen-bond donors (Lipinski definition) is 0. The van der Waals surface area contributed by atoms with Gasteiger partial charge in [0.1, 0.15) is 0 Å². The van der Waals surface area contributed by atoms with Crippen LogP contribution in [0.25, 0.3) is 0 Å². The third-order valence-corrected chi connectivity index (χ3v) is 10.7. The van der Waals surface area contributed by atoms with Crippen molar-refractivity contribution in [2.75, 3.05) is 7.11 Å². The zero-order valence-corrected chi connectivity index (χ0v) is 18.4. The van der Waals surface area contributed by atoms with Gasteiger partial charge >= 0.3 is 5.97 Å². The molecule has 0 aromatic carbocycles. The maximum atomic E-state index is 11.6. The fraction of sp³-hybridized carbons (Fsp3) is 0.960. The fourth-order valence-electron chi connectivity index (χ4n) is 9.14. The van der Waals surface area contributed by atoms with Crippen molar-refractivity contribution in [3.8, 4) is 0 Å². The van der Waals surface area contributed by atoms with E-state index in [1.54, 1.807) is 0 Å². The highest BCUT2D eigenvalue weighted by Gasteiger charge is 2.63. The molecule has 28 heavy (non-hydrogen) atoms. The monoisotopic (exact) mass is 388 g/mol. The van der Waals surface area contributed by atoms with Gasteiger partial charge in [0, 0.05) is 6.42 Å². The molecule has 0 bridgehead atoms. The Bertz CT molecular complexity index is 631. The first-order chi connectivity index (χ1) is 13.4. The van der Waals surface area contributed by atoms with E-state index in [-0.39, 0.29) is 5.97 Å². The second-order valence-electron chi connectivity index (χ2n) is 11.6. The minimum Gasteiger partial charge on any atom is -0.469 e. The molecule has 10 atom stereocenters. The van der Waals surface area contributed by atoms with Crippen LogP contribution in [0.4, 0.5) is 0 Å². The summed E-state index contributed by atoms with van der Waals surface area (Å²) in [4.78, 5) is 11.6. The van der Waals surface area contributed by atoms with E-state index in [2.05, 4.69) is 20.8 Å². The Morgan fingerprint density at radius 2 is 1.86 bits per heavy atom. The van der Waals surface area contributed by atoms with Gasteiger partial charge in [-0.05, 0) is 104 Å². The van der Waals surface area contributed by atoms with Crippen LogP contribution in [0.5, 0.6) is 0 Å². The second kappa shape index (κ2) is 6.72. The average molecular weight is 389 g/mol. The van der Waals surface area contributed by atoms with Crippen LogP contribution in [0.1, 0.15) is 85.0 Å². The van der Waals surface area contributed by atoms with E-state index in [0.29, 0.717) is 35.4 Å². The van der Waals surface area contributed by atoms with E-state index in [1.165, 1.54) is 58.5 Å². The lowest BCUT2D eigenvalue weighted by Gasteiger charge is -2.60. The summed E-state index contributed by atoms with van der Waals surface area (Å²) in [6, 6.07) is 0. The molecule has 0 N–H and O–H groups in total. The van der Waals surface area contributed by atoms with Crippen LogP contribution in [0.15, 0.2) is 0 Å². The lowest BCUT2D eigenvalue weighted by atomic mass is 9.44. The zero-order chi connectivity index (χ0) is 19.7. The van der Waals surface area contributed by atoms with Gasteiger partial charge in [0.15, 0.2) is 0 Å². The van der Waals surface area contributed by atoms with Gasteiger partial charge in [0.05, 0.1) is 19.3 Å². The summed E-state index contributed by atoms with van der Waals surface area (Å²) in [5.41, 5.74) is 1.03. The molecule has 0 radical (unpaired) electrons. The van der Waals surface area contributed by atoms with Crippen LogP contribution in [-0.2, 0) is 14.3 Å². The van der Waals surface area contributed by atoms with Crippen molar-refractivity contribution in [1.29, 1.82) is 0 Å². The Morgan fingerprint density at radius 3 is 2.64 bits per heavy atom. The quantitative estimate of drug-likeness (QED) is 0.464. The molecule has 4 aliphatic carbocycles. The number of esters is 1. The lowest BCUT2D eigenvalue weighted by molar-refractivity contribution is -0.141. The molecule has 0 aromatic rings. The maximum Gasteiger partial charge on any atom is 0.305 e. The second-order valence-corrected chi connectivity index (χ2v) is 11.6. The molecule has 0 amide bonds. The molecule has 1 aliphatic heterocycles. The summed E-state index contributed by atoms with van der Waals surface area (Å²) in [5, 5.41) is 0. The minimum absolute atomic E-state index is 0.0422. The average Bonchev–Trinajstić information content (AvgIpc) is 3.32. The summed E-state index contributed by atoms with van der Waals surface area (Å²) in [5.74, 6) is 5.07. The highest BCUT2D eigenvalue weighted by Crippen LogP contribution is 2.69. The van der Waals surface area contributed by atoms with Gasteiger partial charge in [-0.3, -0.25) is 4.79 Å². The Balaban J connectivity index is 1.32. The Labute approximate surface area is 171 Å². The SMILES string of the molecule is COC(=O)CC[C@@H](C)[C@H]1CC[C@H]2[C@@H]3CC[C@H]4C[C@@H]5O[C@@H]5C[C@]4(C)[C@H]3CC[C@]12C. The number of carbonyl (C=O) groups is 1. The van der Waals surface area contributed by atoms with Crippen LogP contribution in [0.3, 0.4) is 0 Å². The minimum atomic E-state index is -0.0422. The van der Waals surface area contributed by atoms with Gasteiger partial charge in [0.2, 0.25) is 0 Å². The molecule has 5 rings (SSSR count). The van der Waals surface area contributed by atoms with Crippen LogP contribution < -0.4 is 0 Å². The van der Waals surface area contributed by atoms with E-state index in [1.807, 2.05) is 0 Å². The number of methoxy groups -OCH3 is 1. The Morgan fingerprint density at radius 1 is 1.07 bits per heavy atom. The molecule has 4 saturated carbocycles. The molecule has 3 nitrogen and oxygen atoms in total. The maximum absolute atomic E-state index is 11.6. The summed E-state index contributed by atoms with van der Waals surface area (Å²) in [6.07, 6.45) is 14.0.